The first-order valence-corrected chi connectivity index (χ1v) is 10.4. The van der Waals surface area contributed by atoms with E-state index in [1.165, 1.54) is 30.7 Å². The summed E-state index contributed by atoms with van der Waals surface area (Å²) < 4.78 is 4.95. The maximum atomic E-state index is 12.8. The number of nitrogens with two attached hydrogens (primary N) is 1. The number of carbonyl (C=O) groups excluding carboxylic acids is 4. The zero-order valence-corrected chi connectivity index (χ0v) is 17.2. The molecule has 1 saturated heterocycles. The smallest absolute Gasteiger partial charge is 0.302 e. The van der Waals surface area contributed by atoms with Crippen molar-refractivity contribution in [3.8, 4) is 0 Å². The number of aromatic nitrogens is 1. The van der Waals surface area contributed by atoms with E-state index in [1.54, 1.807) is 5.38 Å². The topological polar surface area (TPSA) is 141 Å². The van der Waals surface area contributed by atoms with E-state index in [1.807, 2.05) is 0 Å². The number of ketones is 1. The van der Waals surface area contributed by atoms with Crippen molar-refractivity contribution in [1.29, 1.82) is 0 Å². The molecule has 0 aliphatic carbocycles. The second kappa shape index (κ2) is 8.74. The monoisotopic (exact) mass is 438 g/mol. The van der Waals surface area contributed by atoms with Crippen molar-refractivity contribution in [1.82, 2.24) is 9.88 Å². The molecule has 1 aromatic heterocycles. The fraction of sp³-hybridized carbons (Fsp3) is 0.412. The highest BCUT2D eigenvalue weighted by molar-refractivity contribution is 8.00. The summed E-state index contributed by atoms with van der Waals surface area (Å²) >= 11 is 2.57. The zero-order chi connectivity index (χ0) is 21.1. The Morgan fingerprint density at radius 3 is 2.83 bits per heavy atom. The van der Waals surface area contributed by atoms with Gasteiger partial charge in [-0.3, -0.25) is 24.1 Å². The highest BCUT2D eigenvalue weighted by Crippen LogP contribution is 2.44. The summed E-state index contributed by atoms with van der Waals surface area (Å²) in [7, 11) is 1.31. The van der Waals surface area contributed by atoms with Gasteiger partial charge in [-0.1, -0.05) is 5.16 Å². The number of carbonyl (C=O) groups is 4. The predicted octanol–water partition coefficient (Wildman–Crippen LogP) is 0.582. The van der Waals surface area contributed by atoms with Gasteiger partial charge in [-0.2, -0.15) is 0 Å². The second-order valence-corrected chi connectivity index (χ2v) is 8.22. The maximum absolute atomic E-state index is 12.8. The number of hydrogen-bond acceptors (Lipinski definition) is 11. The number of nitrogens with zero attached hydrogens (tertiary/aromatic N) is 3. The number of nitrogen functional groups attached to an aromatic ring is 1. The third-order valence-corrected chi connectivity index (χ3v) is 6.45. The fourth-order valence-electron chi connectivity index (χ4n) is 3.06. The van der Waals surface area contributed by atoms with Gasteiger partial charge in [0, 0.05) is 30.1 Å². The zero-order valence-electron chi connectivity index (χ0n) is 15.6. The van der Waals surface area contributed by atoms with E-state index in [0.29, 0.717) is 17.6 Å². The first-order chi connectivity index (χ1) is 13.9. The maximum Gasteiger partial charge on any atom is 0.302 e. The SMILES string of the molecule is CO/N=C(\C(=O)C[C@@H]1C(=O)N2C(C=O)=C(COC(C)=O)CS[C@H]12)c1csc(N)n1. The molecule has 2 N–H and O–H groups in total. The van der Waals surface area contributed by atoms with E-state index in [-0.39, 0.29) is 46.5 Å². The summed E-state index contributed by atoms with van der Waals surface area (Å²) in [5.74, 6) is -1.40. The molecule has 154 valence electrons. The third-order valence-electron chi connectivity index (χ3n) is 4.38. The van der Waals surface area contributed by atoms with Crippen molar-refractivity contribution in [2.75, 3.05) is 25.2 Å². The molecule has 2 atom stereocenters. The Morgan fingerprint density at radius 1 is 1.48 bits per heavy atom. The number of ether oxygens (including phenoxy) is 1. The lowest BCUT2D eigenvalue weighted by Crippen LogP contribution is -2.61. The lowest BCUT2D eigenvalue weighted by molar-refractivity contribution is -0.149. The van der Waals surface area contributed by atoms with Crippen molar-refractivity contribution in [3.05, 3.63) is 22.3 Å². The standard InChI is InChI=1S/C17H18N4O6S2/c1-8(23)27-5-9-6-28-16-10(15(25)21(16)12(9)4-22)3-13(24)14(20-26-2)11-7-29-17(18)19-11/h4,7,10,16H,3,5-6H2,1-2H3,(H2,18,19)/b20-14-/t10-,16-/m1/s1. The highest BCUT2D eigenvalue weighted by Gasteiger charge is 2.52. The second-order valence-electron chi connectivity index (χ2n) is 6.22. The number of hydrogen-bond donors (Lipinski definition) is 1. The number of amides is 1. The first-order valence-electron chi connectivity index (χ1n) is 8.48. The van der Waals surface area contributed by atoms with Crippen molar-refractivity contribution in [2.45, 2.75) is 18.7 Å². The molecule has 1 amide bonds. The number of oxime groups is 1. The molecule has 0 spiro atoms. The molecule has 0 bridgehead atoms. The Kier molecular flexibility index (Phi) is 6.33. The van der Waals surface area contributed by atoms with Crippen LogP contribution in [0, 0.1) is 5.92 Å². The molecular formula is C17H18N4O6S2. The summed E-state index contributed by atoms with van der Waals surface area (Å²) in [4.78, 5) is 58.1. The van der Waals surface area contributed by atoms with Crippen LogP contribution in [-0.2, 0) is 28.8 Å². The number of allylic oxidation sites excluding steroid dienone is 1. The normalized spacial score (nSPS) is 21.4. The molecule has 0 radical (unpaired) electrons. The number of β-lactam (4-membered cyclic amide) rings is 1. The van der Waals surface area contributed by atoms with Gasteiger partial charge in [0.15, 0.2) is 22.9 Å². The molecule has 0 saturated carbocycles. The number of rotatable bonds is 8. The van der Waals surface area contributed by atoms with E-state index in [0.717, 1.165) is 11.3 Å². The molecular weight excluding hydrogens is 420 g/mol. The number of thiazole rings is 1. The number of anilines is 1. The van der Waals surface area contributed by atoms with Gasteiger partial charge >= 0.3 is 5.97 Å². The van der Waals surface area contributed by atoms with E-state index in [4.69, 9.17) is 15.3 Å². The Balaban J connectivity index is 1.74. The number of esters is 1. The van der Waals surface area contributed by atoms with Gasteiger partial charge in [-0.15, -0.1) is 23.1 Å². The van der Waals surface area contributed by atoms with Gasteiger partial charge in [0.05, 0.1) is 17.0 Å². The predicted molar refractivity (Wildman–Crippen MR) is 106 cm³/mol. The summed E-state index contributed by atoms with van der Waals surface area (Å²) in [5, 5.41) is 5.26. The van der Waals surface area contributed by atoms with E-state index in [2.05, 4.69) is 10.1 Å². The Labute approximate surface area is 174 Å². The summed E-state index contributed by atoms with van der Waals surface area (Å²) in [6.45, 7) is 1.22. The minimum absolute atomic E-state index is 0.00536. The van der Waals surface area contributed by atoms with Crippen LogP contribution in [0.25, 0.3) is 0 Å². The van der Waals surface area contributed by atoms with Gasteiger partial charge in [0.1, 0.15) is 19.4 Å². The van der Waals surface area contributed by atoms with Gasteiger partial charge in [0.25, 0.3) is 0 Å². The summed E-state index contributed by atoms with van der Waals surface area (Å²) in [5.41, 5.74) is 6.66. The Morgan fingerprint density at radius 2 is 2.24 bits per heavy atom. The molecule has 0 unspecified atom stereocenters. The van der Waals surface area contributed by atoms with Crippen LogP contribution in [0.2, 0.25) is 0 Å². The van der Waals surface area contributed by atoms with Crippen LogP contribution >= 0.6 is 23.1 Å². The van der Waals surface area contributed by atoms with Crippen molar-refractivity contribution < 1.29 is 28.8 Å². The van der Waals surface area contributed by atoms with Crippen molar-refractivity contribution in [2.24, 2.45) is 11.1 Å². The minimum atomic E-state index is -0.601. The number of aldehydes is 1. The van der Waals surface area contributed by atoms with Gasteiger partial charge in [0.2, 0.25) is 5.91 Å². The molecule has 2 aliphatic heterocycles. The van der Waals surface area contributed by atoms with Gasteiger partial charge in [-0.25, -0.2) is 4.98 Å². The van der Waals surface area contributed by atoms with Crippen LogP contribution < -0.4 is 5.73 Å². The Bertz CT molecular complexity index is 925. The van der Waals surface area contributed by atoms with Crippen molar-refractivity contribution >= 4 is 57.9 Å². The third kappa shape index (κ3) is 4.17. The van der Waals surface area contributed by atoms with Crippen LogP contribution in [0.1, 0.15) is 19.0 Å². The molecule has 0 aromatic carbocycles. The molecule has 2 aliphatic rings. The Hall–Kier alpha value is -2.73. The van der Waals surface area contributed by atoms with Crippen LogP contribution in [0.15, 0.2) is 21.8 Å². The molecule has 3 rings (SSSR count). The number of fused-ring (bicyclic) bond motifs is 1. The van der Waals surface area contributed by atoms with Crippen LogP contribution in [0.4, 0.5) is 5.13 Å². The average molecular weight is 438 g/mol. The number of thioether (sulfide) groups is 1. The van der Waals surface area contributed by atoms with E-state index >= 15 is 0 Å². The highest BCUT2D eigenvalue weighted by atomic mass is 32.2. The van der Waals surface area contributed by atoms with Gasteiger partial charge in [-0.05, 0) is 0 Å². The quantitative estimate of drug-likeness (QED) is 0.203. The molecule has 1 fully saturated rings. The molecule has 10 nitrogen and oxygen atoms in total. The van der Waals surface area contributed by atoms with Gasteiger partial charge < -0.3 is 15.3 Å². The largest absolute Gasteiger partial charge is 0.461 e. The molecule has 12 heteroatoms. The van der Waals surface area contributed by atoms with Crippen LogP contribution in [-0.4, -0.2) is 64.4 Å². The van der Waals surface area contributed by atoms with E-state index < -0.39 is 17.7 Å². The average Bonchev–Trinajstić information content (AvgIpc) is 3.13. The van der Waals surface area contributed by atoms with Crippen LogP contribution in [0.3, 0.4) is 0 Å². The summed E-state index contributed by atoms with van der Waals surface area (Å²) in [6, 6.07) is 0. The number of Topliss-reactive ketones (excluding diaryl/α,β-unsaturated/α-hetero) is 1. The fourth-order valence-corrected chi connectivity index (χ4v) is 5.02. The molecule has 1 aromatic rings. The van der Waals surface area contributed by atoms with E-state index in [9.17, 15) is 19.2 Å². The minimum Gasteiger partial charge on any atom is -0.461 e. The molecule has 3 heterocycles. The van der Waals surface area contributed by atoms with Crippen molar-refractivity contribution in [3.63, 3.8) is 0 Å². The lowest BCUT2D eigenvalue weighted by atomic mass is 9.89. The van der Waals surface area contributed by atoms with Crippen LogP contribution in [0.5, 0.6) is 0 Å². The summed E-state index contributed by atoms with van der Waals surface area (Å²) in [6.07, 6.45) is 0.482. The lowest BCUT2D eigenvalue weighted by Gasteiger charge is -2.49. The first kappa shape index (κ1) is 21.0. The molecule has 29 heavy (non-hydrogen) atoms.